The van der Waals surface area contributed by atoms with Crippen molar-refractivity contribution in [3.8, 4) is 0 Å². The molecule has 1 aliphatic rings. The third-order valence-electron chi connectivity index (χ3n) is 3.35. The molecule has 0 aliphatic carbocycles. The highest BCUT2D eigenvalue weighted by Gasteiger charge is 2.42. The first kappa shape index (κ1) is 18.5. The van der Waals surface area contributed by atoms with Crippen LogP contribution in [-0.2, 0) is 9.53 Å². The maximum atomic E-state index is 12.2. The molecule has 0 aromatic carbocycles. The van der Waals surface area contributed by atoms with Gasteiger partial charge in [0.2, 0.25) is 0 Å². The predicted molar refractivity (Wildman–Crippen MR) is 89.6 cm³/mol. The number of nitrogens with one attached hydrogen (secondary N) is 1. The minimum absolute atomic E-state index is 0.0801. The summed E-state index contributed by atoms with van der Waals surface area (Å²) in [6.45, 7) is 5.19. The van der Waals surface area contributed by atoms with Crippen molar-refractivity contribution >= 4 is 40.9 Å². The van der Waals surface area contributed by atoms with Gasteiger partial charge in [0.25, 0.3) is 5.91 Å². The second-order valence-corrected chi connectivity index (χ2v) is 8.21. The van der Waals surface area contributed by atoms with Crippen LogP contribution >= 0.6 is 22.9 Å². The summed E-state index contributed by atoms with van der Waals surface area (Å²) in [5.74, 6) is -1.47. The molecule has 1 fully saturated rings. The lowest BCUT2D eigenvalue weighted by Gasteiger charge is -2.26. The minimum Gasteiger partial charge on any atom is -0.480 e. The summed E-state index contributed by atoms with van der Waals surface area (Å²) in [5, 5.41) is 12.1. The van der Waals surface area contributed by atoms with Crippen molar-refractivity contribution in [1.29, 1.82) is 0 Å². The van der Waals surface area contributed by atoms with Crippen LogP contribution in [0.1, 0.15) is 36.9 Å². The number of carboxylic acid groups (broad SMARTS) is 1. The van der Waals surface area contributed by atoms with Crippen LogP contribution in [-0.4, -0.2) is 52.2 Å². The van der Waals surface area contributed by atoms with E-state index in [1.54, 1.807) is 32.9 Å². The summed E-state index contributed by atoms with van der Waals surface area (Å²) in [6, 6.07) is 1.71. The maximum Gasteiger partial charge on any atom is 0.411 e. The molecule has 0 radical (unpaired) electrons. The first-order valence-electron chi connectivity index (χ1n) is 7.35. The summed E-state index contributed by atoms with van der Waals surface area (Å²) >= 11 is 6.94. The van der Waals surface area contributed by atoms with Crippen LogP contribution in [0.5, 0.6) is 0 Å². The molecule has 0 saturated carbocycles. The standard InChI is InChI=1S/C15H19ClN2O5S/c1-15(2,3)23-14(22)18-7-8(6-9(18)13(20)21)17-12(19)10-4-5-11(16)24-10/h4-5,8-9H,6-7H2,1-3H3,(H,17,19)(H,20,21)/t8-,9-/m0/s1. The number of halogens is 1. The molecule has 2 heterocycles. The zero-order chi connectivity index (χ0) is 18.1. The lowest BCUT2D eigenvalue weighted by Crippen LogP contribution is -2.44. The van der Waals surface area contributed by atoms with E-state index in [1.165, 1.54) is 0 Å². The molecule has 1 saturated heterocycles. The van der Waals surface area contributed by atoms with Gasteiger partial charge in [0.15, 0.2) is 0 Å². The van der Waals surface area contributed by atoms with Gasteiger partial charge in [0.05, 0.1) is 9.21 Å². The molecule has 2 amide bonds. The summed E-state index contributed by atoms with van der Waals surface area (Å²) in [6.07, 6.45) is -0.579. The molecule has 0 unspecified atom stereocenters. The van der Waals surface area contributed by atoms with Gasteiger partial charge in [-0.25, -0.2) is 9.59 Å². The van der Waals surface area contributed by atoms with Crippen molar-refractivity contribution in [2.75, 3.05) is 6.54 Å². The number of hydrogen-bond donors (Lipinski definition) is 2. The maximum absolute atomic E-state index is 12.2. The Morgan fingerprint density at radius 2 is 2.04 bits per heavy atom. The number of amides is 2. The number of likely N-dealkylation sites (tertiary alicyclic amines) is 1. The molecule has 7 nitrogen and oxygen atoms in total. The number of ether oxygens (including phenoxy) is 1. The first-order valence-corrected chi connectivity index (χ1v) is 8.55. The quantitative estimate of drug-likeness (QED) is 0.847. The number of thiophene rings is 1. The summed E-state index contributed by atoms with van der Waals surface area (Å²) < 4.78 is 5.73. The van der Waals surface area contributed by atoms with Crippen LogP contribution in [0.3, 0.4) is 0 Å². The summed E-state index contributed by atoms with van der Waals surface area (Å²) in [5.41, 5.74) is -0.727. The fraction of sp³-hybridized carbons (Fsp3) is 0.533. The number of carboxylic acids is 1. The molecule has 24 heavy (non-hydrogen) atoms. The van der Waals surface area contributed by atoms with Crippen LogP contribution in [0.2, 0.25) is 4.34 Å². The average Bonchev–Trinajstić information content (AvgIpc) is 3.03. The van der Waals surface area contributed by atoms with Gasteiger partial charge in [-0.05, 0) is 32.9 Å². The van der Waals surface area contributed by atoms with Gasteiger partial charge in [-0.2, -0.15) is 0 Å². The van der Waals surface area contributed by atoms with E-state index in [1.807, 2.05) is 0 Å². The SMILES string of the molecule is CC(C)(C)OC(=O)N1C[C@@H](NC(=O)c2ccc(Cl)s2)C[C@H]1C(=O)O. The summed E-state index contributed by atoms with van der Waals surface area (Å²) in [7, 11) is 0. The van der Waals surface area contributed by atoms with Gasteiger partial charge in [0, 0.05) is 19.0 Å². The highest BCUT2D eigenvalue weighted by Crippen LogP contribution is 2.24. The lowest BCUT2D eigenvalue weighted by atomic mass is 10.1. The summed E-state index contributed by atoms with van der Waals surface area (Å²) in [4.78, 5) is 37.3. The van der Waals surface area contributed by atoms with E-state index in [-0.39, 0.29) is 18.9 Å². The number of nitrogens with zero attached hydrogens (tertiary/aromatic N) is 1. The van der Waals surface area contributed by atoms with Crippen molar-refractivity contribution in [3.05, 3.63) is 21.3 Å². The number of hydrogen-bond acceptors (Lipinski definition) is 5. The highest BCUT2D eigenvalue weighted by atomic mass is 35.5. The molecular formula is C15H19ClN2O5S. The Balaban J connectivity index is 2.05. The molecule has 2 rings (SSSR count). The molecule has 0 spiro atoms. The van der Waals surface area contributed by atoms with E-state index in [0.717, 1.165) is 16.2 Å². The van der Waals surface area contributed by atoms with Crippen molar-refractivity contribution in [1.82, 2.24) is 10.2 Å². The van der Waals surface area contributed by atoms with Gasteiger partial charge in [0.1, 0.15) is 11.6 Å². The Morgan fingerprint density at radius 3 is 2.54 bits per heavy atom. The Hall–Kier alpha value is -1.80. The van der Waals surface area contributed by atoms with Crippen LogP contribution in [0.4, 0.5) is 4.79 Å². The van der Waals surface area contributed by atoms with Crippen LogP contribution in [0, 0.1) is 0 Å². The minimum atomic E-state index is -1.13. The Kier molecular flexibility index (Phi) is 5.39. The Bertz CT molecular complexity index is 655. The molecular weight excluding hydrogens is 356 g/mol. The van der Waals surface area contributed by atoms with Crippen molar-refractivity contribution in [2.24, 2.45) is 0 Å². The highest BCUT2D eigenvalue weighted by molar-refractivity contribution is 7.18. The third kappa shape index (κ3) is 4.61. The van der Waals surface area contributed by atoms with E-state index in [2.05, 4.69) is 5.32 Å². The molecule has 0 bridgehead atoms. The largest absolute Gasteiger partial charge is 0.480 e. The topological polar surface area (TPSA) is 95.9 Å². The van der Waals surface area contributed by atoms with Gasteiger partial charge < -0.3 is 15.2 Å². The molecule has 1 aliphatic heterocycles. The lowest BCUT2D eigenvalue weighted by molar-refractivity contribution is -0.142. The van der Waals surface area contributed by atoms with E-state index in [9.17, 15) is 19.5 Å². The molecule has 1 aromatic rings. The molecule has 1 aromatic heterocycles. The van der Waals surface area contributed by atoms with E-state index >= 15 is 0 Å². The Labute approximate surface area is 148 Å². The third-order valence-corrected chi connectivity index (χ3v) is 4.58. The number of rotatable bonds is 3. The number of carbonyl (C=O) groups is 3. The zero-order valence-corrected chi connectivity index (χ0v) is 15.1. The second kappa shape index (κ2) is 6.98. The zero-order valence-electron chi connectivity index (χ0n) is 13.5. The predicted octanol–water partition coefficient (Wildman–Crippen LogP) is 2.59. The van der Waals surface area contributed by atoms with E-state index in [0.29, 0.717) is 9.21 Å². The van der Waals surface area contributed by atoms with Crippen LogP contribution < -0.4 is 5.32 Å². The van der Waals surface area contributed by atoms with Crippen LogP contribution in [0.25, 0.3) is 0 Å². The number of aliphatic carboxylic acids is 1. The Morgan fingerprint density at radius 1 is 1.38 bits per heavy atom. The van der Waals surface area contributed by atoms with Crippen molar-refractivity contribution < 1.29 is 24.2 Å². The van der Waals surface area contributed by atoms with Gasteiger partial charge in [-0.1, -0.05) is 11.6 Å². The number of carbonyl (C=O) groups excluding carboxylic acids is 2. The fourth-order valence-corrected chi connectivity index (χ4v) is 3.34. The van der Waals surface area contributed by atoms with Gasteiger partial charge >= 0.3 is 12.1 Å². The normalized spacial score (nSPS) is 20.8. The smallest absolute Gasteiger partial charge is 0.411 e. The molecule has 2 N–H and O–H groups in total. The average molecular weight is 375 g/mol. The molecule has 9 heteroatoms. The molecule has 132 valence electrons. The van der Waals surface area contributed by atoms with Crippen molar-refractivity contribution in [2.45, 2.75) is 44.9 Å². The van der Waals surface area contributed by atoms with Gasteiger partial charge in [-0.15, -0.1) is 11.3 Å². The van der Waals surface area contributed by atoms with Crippen molar-refractivity contribution in [3.63, 3.8) is 0 Å². The van der Waals surface area contributed by atoms with E-state index < -0.39 is 29.7 Å². The monoisotopic (exact) mass is 374 g/mol. The van der Waals surface area contributed by atoms with E-state index in [4.69, 9.17) is 16.3 Å². The van der Waals surface area contributed by atoms with Gasteiger partial charge in [-0.3, -0.25) is 9.69 Å². The second-order valence-electron chi connectivity index (χ2n) is 6.50. The fourth-order valence-electron chi connectivity index (χ4n) is 2.39. The molecule has 2 atom stereocenters. The first-order chi connectivity index (χ1) is 11.1. The van der Waals surface area contributed by atoms with Crippen LogP contribution in [0.15, 0.2) is 12.1 Å².